The number of carbonyl (C=O) groups excluding carboxylic acids is 2. The van der Waals surface area contributed by atoms with E-state index in [-0.39, 0.29) is 29.8 Å². The lowest BCUT2D eigenvalue weighted by atomic mass is 10.0. The summed E-state index contributed by atoms with van der Waals surface area (Å²) in [6.45, 7) is 5.82. The molecule has 2 atom stereocenters. The first-order valence-corrected chi connectivity index (χ1v) is 18.4. The van der Waals surface area contributed by atoms with E-state index in [9.17, 15) is 18.0 Å². The first-order chi connectivity index (χ1) is 22.7. The van der Waals surface area contributed by atoms with Crippen LogP contribution in [0.2, 0.25) is 0 Å². The number of thioether (sulfide) groups is 1. The van der Waals surface area contributed by atoms with Crippen LogP contribution in [0.25, 0.3) is 0 Å². The molecule has 0 fully saturated rings. The number of carbonyl (C=O) groups is 2. The van der Waals surface area contributed by atoms with E-state index in [2.05, 4.69) is 5.32 Å². The van der Waals surface area contributed by atoms with Gasteiger partial charge in [-0.25, -0.2) is 8.42 Å². The average molecular weight is 674 g/mol. The molecular formula is C37H43N3O5S2. The lowest BCUT2D eigenvalue weighted by Crippen LogP contribution is -2.54. The Morgan fingerprint density at radius 3 is 1.98 bits per heavy atom. The van der Waals surface area contributed by atoms with E-state index >= 15 is 0 Å². The van der Waals surface area contributed by atoms with Crippen molar-refractivity contribution in [1.82, 2.24) is 10.2 Å². The second-order valence-electron chi connectivity index (χ2n) is 11.1. The molecule has 2 amide bonds. The Kier molecular flexibility index (Phi) is 12.9. The fraction of sp³-hybridized carbons (Fsp3) is 0.297. The van der Waals surface area contributed by atoms with Gasteiger partial charge in [0.05, 0.1) is 17.2 Å². The highest BCUT2D eigenvalue weighted by atomic mass is 32.2. The first-order valence-electron chi connectivity index (χ1n) is 15.7. The van der Waals surface area contributed by atoms with Crippen LogP contribution in [0.15, 0.2) is 119 Å². The molecule has 0 saturated carbocycles. The SMILES string of the molecule is CCOc1ccc(N(CC(=O)N(Cc2ccccc2)[C@@H](Cc2ccccc2)C(=O)N[C@@H](C)CC)S(=O)(=O)c2ccc(SC)cc2)cc1. The molecular weight excluding hydrogens is 631 g/mol. The van der Waals surface area contributed by atoms with Gasteiger partial charge in [0.25, 0.3) is 10.0 Å². The molecule has 0 aliphatic rings. The van der Waals surface area contributed by atoms with E-state index in [4.69, 9.17) is 4.74 Å². The summed E-state index contributed by atoms with van der Waals surface area (Å²) in [6, 6.07) is 31.1. The summed E-state index contributed by atoms with van der Waals surface area (Å²) < 4.78 is 35.3. The lowest BCUT2D eigenvalue weighted by Gasteiger charge is -2.34. The van der Waals surface area contributed by atoms with Crippen LogP contribution < -0.4 is 14.4 Å². The highest BCUT2D eigenvalue weighted by Gasteiger charge is 2.35. The van der Waals surface area contributed by atoms with Gasteiger partial charge < -0.3 is 15.0 Å². The van der Waals surface area contributed by atoms with Gasteiger partial charge in [-0.15, -0.1) is 11.8 Å². The summed E-state index contributed by atoms with van der Waals surface area (Å²) in [5.41, 5.74) is 2.00. The van der Waals surface area contributed by atoms with Gasteiger partial charge in [0, 0.05) is 23.9 Å². The van der Waals surface area contributed by atoms with Crippen molar-refractivity contribution in [3.63, 3.8) is 0 Å². The first kappa shape index (κ1) is 35.6. The molecule has 4 aromatic carbocycles. The molecule has 0 saturated heterocycles. The predicted octanol–water partition coefficient (Wildman–Crippen LogP) is 6.56. The van der Waals surface area contributed by atoms with Crippen LogP contribution in [0, 0.1) is 0 Å². The number of benzene rings is 4. The summed E-state index contributed by atoms with van der Waals surface area (Å²) in [5, 5.41) is 3.06. The molecule has 8 nitrogen and oxygen atoms in total. The molecule has 0 unspecified atom stereocenters. The van der Waals surface area contributed by atoms with Crippen molar-refractivity contribution >= 4 is 39.3 Å². The molecule has 10 heteroatoms. The summed E-state index contributed by atoms with van der Waals surface area (Å²) in [4.78, 5) is 31.0. The Bertz CT molecular complexity index is 1680. The van der Waals surface area contributed by atoms with E-state index in [0.29, 0.717) is 18.0 Å². The summed E-state index contributed by atoms with van der Waals surface area (Å²) >= 11 is 1.51. The molecule has 0 aromatic heterocycles. The highest BCUT2D eigenvalue weighted by Crippen LogP contribution is 2.28. The molecule has 0 heterocycles. The maximum atomic E-state index is 14.6. The van der Waals surface area contributed by atoms with Gasteiger partial charge in [-0.05, 0) is 86.2 Å². The fourth-order valence-corrected chi connectivity index (χ4v) is 6.88. The quantitative estimate of drug-likeness (QED) is 0.136. The number of anilines is 1. The standard InChI is InChI=1S/C37H43N3O5S2/c1-5-28(3)38-37(42)35(25-29-13-9-7-10-14-29)39(26-30-15-11-8-12-16-30)36(41)27-40(31-17-19-32(20-18-31)45-6-2)47(43,44)34-23-21-33(46-4)22-24-34/h7-24,28,35H,5-6,25-27H2,1-4H3,(H,38,42)/t28-,35-/m0/s1. The van der Waals surface area contributed by atoms with Crippen LogP contribution in [0.5, 0.6) is 5.75 Å². The van der Waals surface area contributed by atoms with Gasteiger partial charge in [0.2, 0.25) is 11.8 Å². The van der Waals surface area contributed by atoms with Crippen LogP contribution in [0.4, 0.5) is 5.69 Å². The topological polar surface area (TPSA) is 96.0 Å². The van der Waals surface area contributed by atoms with E-state index in [1.165, 1.54) is 16.7 Å². The Balaban J connectivity index is 1.79. The Hall–Kier alpha value is -4.28. The molecule has 47 heavy (non-hydrogen) atoms. The smallest absolute Gasteiger partial charge is 0.264 e. The van der Waals surface area contributed by atoms with Crippen molar-refractivity contribution in [1.29, 1.82) is 0 Å². The normalized spacial score (nSPS) is 12.5. The maximum absolute atomic E-state index is 14.6. The summed E-state index contributed by atoms with van der Waals surface area (Å²) in [7, 11) is -4.20. The fourth-order valence-electron chi connectivity index (χ4n) is 5.05. The molecule has 0 radical (unpaired) electrons. The van der Waals surface area contributed by atoms with Gasteiger partial charge in [-0.1, -0.05) is 67.6 Å². The highest BCUT2D eigenvalue weighted by molar-refractivity contribution is 7.98. The number of rotatable bonds is 16. The number of nitrogens with zero attached hydrogens (tertiary/aromatic N) is 2. The van der Waals surface area contributed by atoms with Gasteiger partial charge in [0.1, 0.15) is 18.3 Å². The monoisotopic (exact) mass is 673 g/mol. The molecule has 4 rings (SSSR count). The van der Waals surface area contributed by atoms with Crippen LogP contribution in [-0.4, -0.2) is 56.6 Å². The van der Waals surface area contributed by atoms with E-state index < -0.39 is 28.5 Å². The van der Waals surface area contributed by atoms with Crippen LogP contribution >= 0.6 is 11.8 Å². The van der Waals surface area contributed by atoms with Crippen LogP contribution in [0.3, 0.4) is 0 Å². The molecule has 1 N–H and O–H groups in total. The Morgan fingerprint density at radius 2 is 1.43 bits per heavy atom. The molecule has 0 aliphatic carbocycles. The van der Waals surface area contributed by atoms with Gasteiger partial charge in [0.15, 0.2) is 0 Å². The van der Waals surface area contributed by atoms with E-state index in [1.807, 2.05) is 87.7 Å². The number of nitrogens with one attached hydrogen (secondary N) is 1. The number of hydrogen-bond donors (Lipinski definition) is 1. The van der Waals surface area contributed by atoms with Gasteiger partial charge in [-0.2, -0.15) is 0 Å². The van der Waals surface area contributed by atoms with Crippen molar-refractivity contribution in [2.45, 2.75) is 62.0 Å². The Labute approximate surface area is 283 Å². The number of amides is 2. The average Bonchev–Trinajstić information content (AvgIpc) is 3.10. The van der Waals surface area contributed by atoms with Crippen LogP contribution in [-0.2, 0) is 32.6 Å². The van der Waals surface area contributed by atoms with Crippen molar-refractivity contribution < 1.29 is 22.7 Å². The zero-order chi connectivity index (χ0) is 33.8. The third-order valence-corrected chi connectivity index (χ3v) is 10.4. The third kappa shape index (κ3) is 9.62. The Morgan fingerprint density at radius 1 is 0.830 bits per heavy atom. The van der Waals surface area contributed by atoms with Crippen molar-refractivity contribution in [3.8, 4) is 5.75 Å². The molecule has 0 bridgehead atoms. The van der Waals surface area contributed by atoms with Crippen molar-refractivity contribution in [2.75, 3.05) is 23.7 Å². The zero-order valence-electron chi connectivity index (χ0n) is 27.3. The lowest BCUT2D eigenvalue weighted by molar-refractivity contribution is -0.140. The summed E-state index contributed by atoms with van der Waals surface area (Å²) in [6.07, 6.45) is 2.89. The minimum atomic E-state index is -4.20. The second kappa shape index (κ2) is 17.0. The third-order valence-electron chi connectivity index (χ3n) is 7.83. The molecule has 0 spiro atoms. The molecule has 0 aliphatic heterocycles. The minimum absolute atomic E-state index is 0.0574. The van der Waals surface area contributed by atoms with Gasteiger partial charge >= 0.3 is 0 Å². The maximum Gasteiger partial charge on any atom is 0.264 e. The largest absolute Gasteiger partial charge is 0.494 e. The van der Waals surface area contributed by atoms with Crippen LogP contribution in [0.1, 0.15) is 38.3 Å². The zero-order valence-corrected chi connectivity index (χ0v) is 29.0. The van der Waals surface area contributed by atoms with E-state index in [0.717, 1.165) is 26.7 Å². The molecule has 4 aromatic rings. The number of sulfonamides is 1. The van der Waals surface area contributed by atoms with Crippen molar-refractivity contribution in [2.24, 2.45) is 0 Å². The second-order valence-corrected chi connectivity index (χ2v) is 13.9. The van der Waals surface area contributed by atoms with Gasteiger partial charge in [-0.3, -0.25) is 13.9 Å². The minimum Gasteiger partial charge on any atom is -0.494 e. The predicted molar refractivity (Wildman–Crippen MR) is 189 cm³/mol. The van der Waals surface area contributed by atoms with E-state index in [1.54, 1.807) is 48.5 Å². The summed E-state index contributed by atoms with van der Waals surface area (Å²) in [5.74, 6) is -0.220. The molecule has 248 valence electrons. The number of ether oxygens (including phenoxy) is 1. The number of hydrogen-bond acceptors (Lipinski definition) is 6. The van der Waals surface area contributed by atoms with Crippen molar-refractivity contribution in [3.05, 3.63) is 120 Å².